The Balaban J connectivity index is 2.53. The molecule has 0 saturated carbocycles. The molecule has 5 heteroatoms. The van der Waals surface area contributed by atoms with Crippen molar-refractivity contribution < 1.29 is 17.9 Å². The fourth-order valence-corrected chi connectivity index (χ4v) is 3.26. The summed E-state index contributed by atoms with van der Waals surface area (Å²) in [5, 5.41) is 0. The van der Waals surface area contributed by atoms with Crippen molar-refractivity contribution in [2.45, 2.75) is 13.3 Å². The molecule has 100 valence electrons. The maximum Gasteiger partial charge on any atom is 0.309 e. The third-order valence-corrected chi connectivity index (χ3v) is 4.49. The first-order valence-corrected chi connectivity index (χ1v) is 7.59. The zero-order valence-corrected chi connectivity index (χ0v) is 11.4. The molecule has 1 aromatic carbocycles. The number of sulfone groups is 1. The smallest absolute Gasteiger partial charge is 0.309 e. The fraction of sp³-hybridized carbons (Fsp3) is 0.462. The quantitative estimate of drug-likeness (QED) is 0.734. The van der Waals surface area contributed by atoms with Crippen LogP contribution < -0.4 is 0 Å². The molecule has 4 nitrogen and oxygen atoms in total. The first-order valence-electron chi connectivity index (χ1n) is 5.77. The molecule has 0 aliphatic heterocycles. The standard InChI is InChI=1S/C13H18O4S/c1-11(13(14)17-2)10-18(15,16)9-8-12-6-4-3-5-7-12/h3-7,11H,8-10H2,1-2H3. The van der Waals surface area contributed by atoms with Gasteiger partial charge in [-0.1, -0.05) is 37.3 Å². The van der Waals surface area contributed by atoms with E-state index in [1.807, 2.05) is 30.3 Å². The summed E-state index contributed by atoms with van der Waals surface area (Å²) in [6.45, 7) is 1.56. The Morgan fingerprint density at radius 3 is 2.44 bits per heavy atom. The number of rotatable bonds is 6. The number of esters is 1. The summed E-state index contributed by atoms with van der Waals surface area (Å²) in [7, 11) is -1.98. The molecule has 0 heterocycles. The molecule has 0 aliphatic carbocycles. The largest absolute Gasteiger partial charge is 0.469 e. The molecule has 0 bridgehead atoms. The van der Waals surface area contributed by atoms with E-state index >= 15 is 0 Å². The molecule has 0 aromatic heterocycles. The van der Waals surface area contributed by atoms with Crippen LogP contribution in [0.15, 0.2) is 30.3 Å². The maximum atomic E-state index is 11.8. The van der Waals surface area contributed by atoms with Gasteiger partial charge in [-0.25, -0.2) is 8.42 Å². The number of ether oxygens (including phenoxy) is 1. The van der Waals surface area contributed by atoms with Crippen molar-refractivity contribution in [1.82, 2.24) is 0 Å². The van der Waals surface area contributed by atoms with Gasteiger partial charge in [0.1, 0.15) is 0 Å². The number of hydrogen-bond donors (Lipinski definition) is 0. The predicted octanol–water partition coefficient (Wildman–Crippen LogP) is 1.45. The van der Waals surface area contributed by atoms with Gasteiger partial charge in [-0.05, 0) is 12.0 Å². The van der Waals surface area contributed by atoms with Crippen molar-refractivity contribution in [1.29, 1.82) is 0 Å². The molecule has 0 aliphatic rings. The molecule has 0 fully saturated rings. The van der Waals surface area contributed by atoms with Crippen LogP contribution in [0.3, 0.4) is 0 Å². The monoisotopic (exact) mass is 270 g/mol. The van der Waals surface area contributed by atoms with Crippen LogP contribution in [-0.4, -0.2) is 33.0 Å². The van der Waals surface area contributed by atoms with Crippen LogP contribution in [0.5, 0.6) is 0 Å². The van der Waals surface area contributed by atoms with E-state index in [2.05, 4.69) is 4.74 Å². The van der Waals surface area contributed by atoms with Crippen LogP contribution in [0.1, 0.15) is 12.5 Å². The second-order valence-electron chi connectivity index (χ2n) is 4.27. The van der Waals surface area contributed by atoms with Crippen molar-refractivity contribution in [3.05, 3.63) is 35.9 Å². The summed E-state index contributed by atoms with van der Waals surface area (Å²) < 4.78 is 28.2. The number of hydrogen-bond acceptors (Lipinski definition) is 4. The Kier molecular flexibility index (Phi) is 5.34. The van der Waals surface area contributed by atoms with Gasteiger partial charge in [0.15, 0.2) is 9.84 Å². The van der Waals surface area contributed by atoms with Gasteiger partial charge in [0.05, 0.1) is 24.5 Å². The summed E-state index contributed by atoms with van der Waals surface area (Å²) in [6.07, 6.45) is 0.469. The van der Waals surface area contributed by atoms with Gasteiger partial charge in [-0.3, -0.25) is 4.79 Å². The molecule has 0 amide bonds. The fourth-order valence-electron chi connectivity index (χ4n) is 1.65. The normalized spacial score (nSPS) is 13.0. The Morgan fingerprint density at radius 1 is 1.28 bits per heavy atom. The van der Waals surface area contributed by atoms with E-state index in [9.17, 15) is 13.2 Å². The molecule has 0 saturated heterocycles. The molecule has 0 radical (unpaired) electrons. The third kappa shape index (κ3) is 4.87. The minimum Gasteiger partial charge on any atom is -0.469 e. The first-order chi connectivity index (χ1) is 8.44. The third-order valence-electron chi connectivity index (χ3n) is 2.65. The zero-order valence-electron chi connectivity index (χ0n) is 10.6. The molecule has 18 heavy (non-hydrogen) atoms. The van der Waals surface area contributed by atoms with E-state index in [1.54, 1.807) is 6.92 Å². The summed E-state index contributed by atoms with van der Waals surface area (Å²) in [6, 6.07) is 9.41. The lowest BCUT2D eigenvalue weighted by molar-refractivity contribution is -0.144. The van der Waals surface area contributed by atoms with Crippen LogP contribution in [-0.2, 0) is 25.8 Å². The molecule has 0 N–H and O–H groups in total. The highest BCUT2D eigenvalue weighted by molar-refractivity contribution is 7.91. The van der Waals surface area contributed by atoms with Crippen molar-refractivity contribution in [2.24, 2.45) is 5.92 Å². The van der Waals surface area contributed by atoms with Gasteiger partial charge >= 0.3 is 5.97 Å². The van der Waals surface area contributed by atoms with Crippen molar-refractivity contribution in [2.75, 3.05) is 18.6 Å². The van der Waals surface area contributed by atoms with Gasteiger partial charge in [-0.15, -0.1) is 0 Å². The Labute approximate surface area is 108 Å². The summed E-state index contributed by atoms with van der Waals surface area (Å²) in [5.41, 5.74) is 0.979. The number of carbonyl (C=O) groups excluding carboxylic acids is 1. The summed E-state index contributed by atoms with van der Waals surface area (Å²) in [4.78, 5) is 11.2. The Hall–Kier alpha value is -1.36. The lowest BCUT2D eigenvalue weighted by Gasteiger charge is -2.09. The molecule has 1 rings (SSSR count). The predicted molar refractivity (Wildman–Crippen MR) is 70.0 cm³/mol. The lowest BCUT2D eigenvalue weighted by Crippen LogP contribution is -2.24. The van der Waals surface area contributed by atoms with E-state index in [-0.39, 0.29) is 11.5 Å². The first kappa shape index (κ1) is 14.7. The van der Waals surface area contributed by atoms with E-state index in [4.69, 9.17) is 0 Å². The SMILES string of the molecule is COC(=O)C(C)CS(=O)(=O)CCc1ccccc1. The second kappa shape index (κ2) is 6.54. The average Bonchev–Trinajstić information content (AvgIpc) is 2.36. The maximum absolute atomic E-state index is 11.8. The highest BCUT2D eigenvalue weighted by atomic mass is 32.2. The topological polar surface area (TPSA) is 60.4 Å². The number of aryl methyl sites for hydroxylation is 1. The van der Waals surface area contributed by atoms with Crippen LogP contribution in [0, 0.1) is 5.92 Å². The molecular weight excluding hydrogens is 252 g/mol. The Morgan fingerprint density at radius 2 is 1.89 bits per heavy atom. The summed E-state index contributed by atoms with van der Waals surface area (Å²) in [5.74, 6) is -1.21. The number of benzene rings is 1. The van der Waals surface area contributed by atoms with Gasteiger partial charge in [0.2, 0.25) is 0 Å². The molecule has 0 spiro atoms. The molecule has 1 atom stereocenters. The average molecular weight is 270 g/mol. The number of methoxy groups -OCH3 is 1. The van der Waals surface area contributed by atoms with Crippen molar-refractivity contribution in [3.63, 3.8) is 0 Å². The van der Waals surface area contributed by atoms with Crippen LogP contribution in [0.2, 0.25) is 0 Å². The van der Waals surface area contributed by atoms with Gasteiger partial charge in [0.25, 0.3) is 0 Å². The van der Waals surface area contributed by atoms with E-state index in [0.717, 1.165) is 5.56 Å². The zero-order chi connectivity index (χ0) is 13.6. The summed E-state index contributed by atoms with van der Waals surface area (Å²) >= 11 is 0. The van der Waals surface area contributed by atoms with Gasteiger partial charge in [-0.2, -0.15) is 0 Å². The minimum atomic E-state index is -3.23. The molecule has 1 aromatic rings. The highest BCUT2D eigenvalue weighted by Gasteiger charge is 2.21. The van der Waals surface area contributed by atoms with Crippen LogP contribution in [0.25, 0.3) is 0 Å². The molecule has 1 unspecified atom stereocenters. The van der Waals surface area contributed by atoms with E-state index in [1.165, 1.54) is 7.11 Å². The highest BCUT2D eigenvalue weighted by Crippen LogP contribution is 2.07. The van der Waals surface area contributed by atoms with E-state index in [0.29, 0.717) is 6.42 Å². The second-order valence-corrected chi connectivity index (χ2v) is 6.50. The van der Waals surface area contributed by atoms with Crippen molar-refractivity contribution >= 4 is 15.8 Å². The van der Waals surface area contributed by atoms with Crippen molar-refractivity contribution in [3.8, 4) is 0 Å². The van der Waals surface area contributed by atoms with Gasteiger partial charge in [0, 0.05) is 0 Å². The lowest BCUT2D eigenvalue weighted by atomic mass is 10.2. The molecular formula is C13H18O4S. The Bertz CT molecular complexity index is 479. The van der Waals surface area contributed by atoms with Gasteiger partial charge < -0.3 is 4.74 Å². The van der Waals surface area contributed by atoms with Crippen LogP contribution in [0.4, 0.5) is 0 Å². The minimum absolute atomic E-state index is 0.0539. The van der Waals surface area contributed by atoms with E-state index < -0.39 is 21.7 Å². The van der Waals surface area contributed by atoms with Crippen LogP contribution >= 0.6 is 0 Å². The number of carbonyl (C=O) groups is 1.